The van der Waals surface area contributed by atoms with Crippen molar-refractivity contribution in [1.82, 2.24) is 9.80 Å². The van der Waals surface area contributed by atoms with Gasteiger partial charge in [0.2, 0.25) is 5.91 Å². The first-order chi connectivity index (χ1) is 16.8. The lowest BCUT2D eigenvalue weighted by Crippen LogP contribution is -2.74. The van der Waals surface area contributed by atoms with E-state index in [4.69, 9.17) is 4.74 Å². The molecule has 1 spiro atoms. The van der Waals surface area contributed by atoms with Crippen LogP contribution in [-0.2, 0) is 26.2 Å². The smallest absolute Gasteiger partial charge is 0.330 e. The lowest BCUT2D eigenvalue weighted by molar-refractivity contribution is -0.170. The third kappa shape index (κ3) is 3.18. The van der Waals surface area contributed by atoms with Gasteiger partial charge in [0.05, 0.1) is 24.2 Å². The Morgan fingerprint density at radius 3 is 2.80 bits per heavy atom. The highest BCUT2D eigenvalue weighted by Crippen LogP contribution is 2.65. The number of likely N-dealkylation sites (tertiary alicyclic amines) is 1. The summed E-state index contributed by atoms with van der Waals surface area (Å²) < 4.78 is 11.2. The molecule has 3 aliphatic carbocycles. The molecule has 8 heteroatoms. The molecule has 2 saturated carbocycles. The van der Waals surface area contributed by atoms with Crippen LogP contribution in [0.2, 0.25) is 0 Å². The number of rotatable bonds is 5. The summed E-state index contributed by atoms with van der Waals surface area (Å²) in [6.07, 6.45) is 7.94. The first kappa shape index (κ1) is 22.9. The number of aliphatic hydroxyl groups is 1. The molecule has 8 nitrogen and oxygen atoms in total. The summed E-state index contributed by atoms with van der Waals surface area (Å²) in [5, 5.41) is 23.4. The number of ether oxygens (including phenoxy) is 2. The largest absolute Gasteiger partial charge is 0.504 e. The summed E-state index contributed by atoms with van der Waals surface area (Å²) >= 11 is 0. The zero-order chi connectivity index (χ0) is 24.5. The molecular formula is C27H34N2O6. The monoisotopic (exact) mass is 482 g/mol. The van der Waals surface area contributed by atoms with E-state index in [2.05, 4.69) is 9.64 Å². The van der Waals surface area contributed by atoms with E-state index in [1.165, 1.54) is 26.0 Å². The number of carbonyl (C=O) groups is 2. The second-order valence-electron chi connectivity index (χ2n) is 11.1. The highest BCUT2D eigenvalue weighted by molar-refractivity contribution is 5.94. The number of carbonyl (C=O) groups excluding carboxylic acids is 2. The number of hydrogen-bond donors (Lipinski definition) is 2. The molecule has 2 aliphatic heterocycles. The van der Waals surface area contributed by atoms with E-state index in [1.54, 1.807) is 18.0 Å². The van der Waals surface area contributed by atoms with Crippen LogP contribution in [0, 0.1) is 5.92 Å². The number of esters is 1. The van der Waals surface area contributed by atoms with Gasteiger partial charge in [0.1, 0.15) is 6.10 Å². The molecule has 2 bridgehead atoms. The van der Waals surface area contributed by atoms with Crippen LogP contribution < -0.4 is 4.74 Å². The average Bonchev–Trinajstić information content (AvgIpc) is 3.60. The molecule has 6 rings (SSSR count). The number of nitrogens with zero attached hydrogens (tertiary/aromatic N) is 2. The predicted molar refractivity (Wildman–Crippen MR) is 127 cm³/mol. The summed E-state index contributed by atoms with van der Waals surface area (Å²) in [6.45, 7) is 1.96. The SMILES string of the molecule is COC(=O)/C=C\C(=O)N(C)[C@@H]1CCC2(O)C3Cc4ccc(O)c5c4C2(CCCN3CC2CC2)[C@H]1O5. The fraction of sp³-hybridized carbons (Fsp3) is 0.630. The van der Waals surface area contributed by atoms with E-state index in [9.17, 15) is 19.8 Å². The minimum Gasteiger partial charge on any atom is -0.504 e. The third-order valence-electron chi connectivity index (χ3n) is 9.36. The number of benzene rings is 1. The summed E-state index contributed by atoms with van der Waals surface area (Å²) in [7, 11) is 2.99. The van der Waals surface area contributed by atoms with Crippen LogP contribution in [0.15, 0.2) is 24.3 Å². The van der Waals surface area contributed by atoms with Gasteiger partial charge < -0.3 is 24.6 Å². The summed E-state index contributed by atoms with van der Waals surface area (Å²) in [5.74, 6) is 0.380. The normalized spacial score (nSPS) is 35.2. The zero-order valence-electron chi connectivity index (χ0n) is 20.4. The Hall–Kier alpha value is -2.58. The Morgan fingerprint density at radius 2 is 2.06 bits per heavy atom. The molecule has 3 fully saturated rings. The van der Waals surface area contributed by atoms with Crippen molar-refractivity contribution in [2.75, 3.05) is 27.2 Å². The van der Waals surface area contributed by atoms with Crippen molar-refractivity contribution in [3.05, 3.63) is 35.4 Å². The second-order valence-corrected chi connectivity index (χ2v) is 11.1. The minimum atomic E-state index is -1.00. The van der Waals surface area contributed by atoms with Gasteiger partial charge in [0.15, 0.2) is 11.5 Å². The number of phenols is 1. The van der Waals surface area contributed by atoms with Gasteiger partial charge in [-0.1, -0.05) is 6.07 Å². The van der Waals surface area contributed by atoms with Gasteiger partial charge in [0, 0.05) is 37.3 Å². The van der Waals surface area contributed by atoms with Gasteiger partial charge in [-0.25, -0.2) is 4.79 Å². The fourth-order valence-electron chi connectivity index (χ4n) is 7.58. The van der Waals surface area contributed by atoms with Gasteiger partial charge in [-0.3, -0.25) is 9.69 Å². The Balaban J connectivity index is 1.43. The highest BCUT2D eigenvalue weighted by atomic mass is 16.5. The summed E-state index contributed by atoms with van der Waals surface area (Å²) in [6, 6.07) is 3.37. The van der Waals surface area contributed by atoms with Gasteiger partial charge >= 0.3 is 5.97 Å². The number of likely N-dealkylation sites (N-methyl/N-ethyl adjacent to an activating group) is 1. The van der Waals surface area contributed by atoms with Crippen LogP contribution in [0.1, 0.15) is 49.7 Å². The van der Waals surface area contributed by atoms with E-state index in [1.807, 2.05) is 6.07 Å². The van der Waals surface area contributed by atoms with Crippen molar-refractivity contribution < 1.29 is 29.3 Å². The maximum Gasteiger partial charge on any atom is 0.330 e. The number of hydrogen-bond acceptors (Lipinski definition) is 7. The molecule has 0 aromatic heterocycles. The molecule has 1 saturated heterocycles. The molecule has 188 valence electrons. The first-order valence-electron chi connectivity index (χ1n) is 12.8. The Morgan fingerprint density at radius 1 is 1.26 bits per heavy atom. The molecule has 2 N–H and O–H groups in total. The summed E-state index contributed by atoms with van der Waals surface area (Å²) in [4.78, 5) is 28.7. The summed E-state index contributed by atoms with van der Waals surface area (Å²) in [5.41, 5.74) is 0.390. The molecule has 1 aromatic rings. The molecule has 35 heavy (non-hydrogen) atoms. The standard InChI is InChI=1S/C27H34N2O6/c1-28(21(31)8-9-22(32)34-2)18-10-12-27(33)20-14-17-6-7-19(30)24-23(17)26(27,25(18)35-24)11-3-13-29(20)15-16-4-5-16/h6-9,16,18,20,25,30,33H,3-5,10-15H2,1-2H3/b9-8-/t18-,20?,25+,26?,27?/m1/s1. The van der Waals surface area contributed by atoms with Crippen molar-refractivity contribution in [2.45, 2.75) is 74.1 Å². The second kappa shape index (κ2) is 7.96. The molecule has 3 unspecified atom stereocenters. The quantitative estimate of drug-likeness (QED) is 0.489. The number of methoxy groups -OCH3 is 1. The average molecular weight is 483 g/mol. The third-order valence-corrected chi connectivity index (χ3v) is 9.36. The van der Waals surface area contributed by atoms with Gasteiger partial charge in [-0.15, -0.1) is 0 Å². The van der Waals surface area contributed by atoms with Crippen LogP contribution in [0.5, 0.6) is 11.5 Å². The molecule has 2 heterocycles. The van der Waals surface area contributed by atoms with Crippen molar-refractivity contribution in [3.63, 3.8) is 0 Å². The van der Waals surface area contributed by atoms with Crippen molar-refractivity contribution in [3.8, 4) is 11.5 Å². The predicted octanol–water partition coefficient (Wildman–Crippen LogP) is 1.90. The van der Waals surface area contributed by atoms with Crippen molar-refractivity contribution in [1.29, 1.82) is 0 Å². The Kier molecular flexibility index (Phi) is 5.20. The molecule has 0 radical (unpaired) electrons. The first-order valence-corrected chi connectivity index (χ1v) is 12.8. The Labute approximate surface area is 205 Å². The fourth-order valence-corrected chi connectivity index (χ4v) is 7.58. The molecule has 5 atom stereocenters. The van der Waals surface area contributed by atoms with E-state index in [0.29, 0.717) is 18.6 Å². The topological polar surface area (TPSA) is 99.5 Å². The highest BCUT2D eigenvalue weighted by Gasteiger charge is 2.72. The maximum atomic E-state index is 13.0. The zero-order valence-corrected chi connectivity index (χ0v) is 20.4. The molecule has 1 amide bonds. The molecular weight excluding hydrogens is 448 g/mol. The minimum absolute atomic E-state index is 0.0131. The number of amides is 1. The number of phenolic OH excluding ortho intramolecular Hbond substituents is 1. The van der Waals surface area contributed by atoms with Crippen LogP contribution in [0.25, 0.3) is 0 Å². The number of aromatic hydroxyl groups is 1. The van der Waals surface area contributed by atoms with Crippen molar-refractivity contribution in [2.24, 2.45) is 5.92 Å². The van der Waals surface area contributed by atoms with E-state index < -0.39 is 23.1 Å². The lowest BCUT2D eigenvalue weighted by Gasteiger charge is -2.60. The van der Waals surface area contributed by atoms with Crippen molar-refractivity contribution >= 4 is 11.9 Å². The maximum absolute atomic E-state index is 13.0. The van der Waals surface area contributed by atoms with E-state index >= 15 is 0 Å². The molecule has 5 aliphatic rings. The van der Waals surface area contributed by atoms with Crippen LogP contribution in [0.4, 0.5) is 0 Å². The van der Waals surface area contributed by atoms with Gasteiger partial charge in [0.25, 0.3) is 0 Å². The van der Waals surface area contributed by atoms with Crippen LogP contribution >= 0.6 is 0 Å². The Bertz CT molecular complexity index is 1100. The van der Waals surface area contributed by atoms with Gasteiger partial charge in [-0.2, -0.15) is 0 Å². The van der Waals surface area contributed by atoms with Crippen LogP contribution in [0.3, 0.4) is 0 Å². The molecule has 1 aromatic carbocycles. The van der Waals surface area contributed by atoms with Gasteiger partial charge in [-0.05, 0) is 69.0 Å². The lowest BCUT2D eigenvalue weighted by atomic mass is 9.50. The van der Waals surface area contributed by atoms with E-state index in [-0.39, 0.29) is 23.7 Å². The van der Waals surface area contributed by atoms with E-state index in [0.717, 1.165) is 55.5 Å². The van der Waals surface area contributed by atoms with Crippen LogP contribution in [-0.4, -0.2) is 82.9 Å².